The van der Waals surface area contributed by atoms with Crippen LogP contribution in [0.3, 0.4) is 0 Å². The van der Waals surface area contributed by atoms with Crippen LogP contribution in [0.5, 0.6) is 11.5 Å². The van der Waals surface area contributed by atoms with Crippen molar-refractivity contribution >= 4 is 29.9 Å². The number of guanidine groups is 1. The number of aromatic nitrogens is 1. The molecule has 1 aliphatic rings. The van der Waals surface area contributed by atoms with Gasteiger partial charge in [-0.25, -0.2) is 0 Å². The number of nitrogens with one attached hydrogen (secondary N) is 1. The Kier molecular flexibility index (Phi) is 10.5. The lowest BCUT2D eigenvalue weighted by atomic mass is 10.1. The molecule has 178 valence electrons. The van der Waals surface area contributed by atoms with E-state index in [1.165, 1.54) is 0 Å². The topological polar surface area (TPSA) is 95.6 Å². The van der Waals surface area contributed by atoms with E-state index in [0.717, 1.165) is 56.7 Å². The van der Waals surface area contributed by atoms with Gasteiger partial charge in [0.2, 0.25) is 0 Å². The van der Waals surface area contributed by atoms with Crippen LogP contribution in [-0.4, -0.2) is 79.5 Å². The zero-order valence-electron chi connectivity index (χ0n) is 19.2. The van der Waals surface area contributed by atoms with Crippen molar-refractivity contribution in [2.75, 3.05) is 53.5 Å². The zero-order valence-corrected chi connectivity index (χ0v) is 21.5. The molecule has 0 amide bonds. The van der Waals surface area contributed by atoms with Gasteiger partial charge in [-0.1, -0.05) is 5.16 Å². The van der Waals surface area contributed by atoms with Gasteiger partial charge in [-0.2, -0.15) is 0 Å². The van der Waals surface area contributed by atoms with E-state index < -0.39 is 6.10 Å². The van der Waals surface area contributed by atoms with Crippen LogP contribution in [0, 0.1) is 6.92 Å². The molecule has 3 rings (SSSR count). The van der Waals surface area contributed by atoms with E-state index >= 15 is 0 Å². The maximum atomic E-state index is 10.7. The summed E-state index contributed by atoms with van der Waals surface area (Å²) in [5, 5.41) is 18.1. The van der Waals surface area contributed by atoms with Crippen molar-refractivity contribution in [2.24, 2.45) is 4.99 Å². The number of nitrogens with zero attached hydrogens (tertiary/aromatic N) is 4. The summed E-state index contributed by atoms with van der Waals surface area (Å²) in [7, 11) is 3.19. The predicted molar refractivity (Wildman–Crippen MR) is 134 cm³/mol. The Morgan fingerprint density at radius 2 is 1.81 bits per heavy atom. The second-order valence-corrected chi connectivity index (χ2v) is 7.55. The maximum Gasteiger partial charge on any atom is 0.194 e. The molecule has 0 radical (unpaired) electrons. The lowest BCUT2D eigenvalue weighted by molar-refractivity contribution is 0.166. The Bertz CT molecular complexity index is 846. The highest BCUT2D eigenvalue weighted by atomic mass is 127. The molecule has 1 unspecified atom stereocenters. The molecule has 0 spiro atoms. The number of aliphatic hydroxyl groups excluding tert-OH is 1. The molecule has 1 atom stereocenters. The summed E-state index contributed by atoms with van der Waals surface area (Å²) >= 11 is 0. The van der Waals surface area contributed by atoms with Crippen LogP contribution in [0.1, 0.15) is 30.0 Å². The van der Waals surface area contributed by atoms with E-state index in [9.17, 15) is 5.11 Å². The first-order valence-corrected chi connectivity index (χ1v) is 10.6. The fourth-order valence-corrected chi connectivity index (χ4v) is 3.57. The Hall–Kier alpha value is -2.05. The number of ether oxygens (including phenoxy) is 2. The average molecular weight is 559 g/mol. The molecular formula is C22H34IN5O4. The smallest absolute Gasteiger partial charge is 0.194 e. The van der Waals surface area contributed by atoms with E-state index in [4.69, 9.17) is 19.0 Å². The summed E-state index contributed by atoms with van der Waals surface area (Å²) in [6, 6.07) is 7.37. The summed E-state index contributed by atoms with van der Waals surface area (Å²) in [4.78, 5) is 9.28. The number of benzene rings is 1. The molecule has 32 heavy (non-hydrogen) atoms. The van der Waals surface area contributed by atoms with Crippen LogP contribution < -0.4 is 14.8 Å². The average Bonchev–Trinajstić information content (AvgIpc) is 3.21. The molecule has 2 heterocycles. The van der Waals surface area contributed by atoms with E-state index in [1.807, 2.05) is 19.9 Å². The second kappa shape index (κ2) is 12.9. The number of aliphatic hydroxyl groups is 1. The molecule has 1 aromatic heterocycles. The molecule has 1 aromatic carbocycles. The number of hydrogen-bond acceptors (Lipinski definition) is 7. The highest BCUT2D eigenvalue weighted by Crippen LogP contribution is 2.26. The Balaban J connectivity index is 0.00000363. The quantitative estimate of drug-likeness (QED) is 0.290. The Morgan fingerprint density at radius 3 is 2.34 bits per heavy atom. The molecule has 2 aromatic rings. The summed E-state index contributed by atoms with van der Waals surface area (Å²) in [6.07, 6.45) is -0.755. The fourth-order valence-electron chi connectivity index (χ4n) is 3.57. The second-order valence-electron chi connectivity index (χ2n) is 7.55. The molecule has 2 N–H and O–H groups in total. The largest absolute Gasteiger partial charge is 0.497 e. The summed E-state index contributed by atoms with van der Waals surface area (Å²) in [5.74, 6) is 2.93. The van der Waals surface area contributed by atoms with Gasteiger partial charge in [0.25, 0.3) is 0 Å². The van der Waals surface area contributed by atoms with Crippen LogP contribution in [0.4, 0.5) is 0 Å². The zero-order chi connectivity index (χ0) is 22.2. The number of rotatable bonds is 8. The van der Waals surface area contributed by atoms with Crippen molar-refractivity contribution in [3.05, 3.63) is 41.3 Å². The van der Waals surface area contributed by atoms with E-state index in [0.29, 0.717) is 17.1 Å². The predicted octanol–water partition coefficient (Wildman–Crippen LogP) is 2.43. The molecule has 10 heteroatoms. The Morgan fingerprint density at radius 1 is 1.16 bits per heavy atom. The monoisotopic (exact) mass is 559 g/mol. The molecule has 0 aliphatic carbocycles. The third-order valence-corrected chi connectivity index (χ3v) is 5.24. The standard InChI is InChI=1S/C22H33N5O4.HI/c1-5-23-22(24-14-21(28)17-11-19(29-3)13-20(12-17)30-4)27-8-6-26(7-9-27)15-18-10-16(2)31-25-18;/h10-13,21,28H,5-9,14-15H2,1-4H3,(H,23,24);1H. The van der Waals surface area contributed by atoms with Gasteiger partial charge in [-0.15, -0.1) is 24.0 Å². The molecule has 9 nitrogen and oxygen atoms in total. The molecule has 0 bridgehead atoms. The number of hydrogen-bond donors (Lipinski definition) is 2. The van der Waals surface area contributed by atoms with Crippen molar-refractivity contribution in [1.82, 2.24) is 20.3 Å². The molecular weight excluding hydrogens is 525 g/mol. The highest BCUT2D eigenvalue weighted by Gasteiger charge is 2.21. The van der Waals surface area contributed by atoms with Crippen molar-refractivity contribution in [1.29, 1.82) is 0 Å². The molecule has 0 saturated carbocycles. The number of methoxy groups -OCH3 is 2. The summed E-state index contributed by atoms with van der Waals surface area (Å²) in [6.45, 7) is 9.27. The van der Waals surface area contributed by atoms with Gasteiger partial charge < -0.3 is 29.3 Å². The molecule has 1 fully saturated rings. The molecule has 1 saturated heterocycles. The van der Waals surface area contributed by atoms with Gasteiger partial charge in [0.05, 0.1) is 32.6 Å². The Labute approximate surface area is 206 Å². The number of halogens is 1. The SMILES string of the molecule is CCNC(=NCC(O)c1cc(OC)cc(OC)c1)N1CCN(Cc2cc(C)on2)CC1.I. The van der Waals surface area contributed by atoms with Gasteiger partial charge >= 0.3 is 0 Å². The number of aliphatic imine (C=N–C) groups is 1. The van der Waals surface area contributed by atoms with E-state index in [1.54, 1.807) is 32.4 Å². The van der Waals surface area contributed by atoms with E-state index in [-0.39, 0.29) is 30.5 Å². The van der Waals surface area contributed by atoms with Crippen LogP contribution in [0.25, 0.3) is 0 Å². The normalized spacial score (nSPS) is 15.8. The fraction of sp³-hybridized carbons (Fsp3) is 0.545. The van der Waals surface area contributed by atoms with Crippen LogP contribution >= 0.6 is 24.0 Å². The first kappa shape index (κ1) is 26.2. The third-order valence-electron chi connectivity index (χ3n) is 5.24. The summed E-state index contributed by atoms with van der Waals surface area (Å²) in [5.41, 5.74) is 1.67. The van der Waals surface area contributed by atoms with Gasteiger partial charge in [0.15, 0.2) is 5.96 Å². The van der Waals surface area contributed by atoms with Crippen molar-refractivity contribution in [2.45, 2.75) is 26.5 Å². The van der Waals surface area contributed by atoms with E-state index in [2.05, 4.69) is 20.3 Å². The number of aryl methyl sites for hydroxylation is 1. The van der Waals surface area contributed by atoms with Gasteiger partial charge in [0, 0.05) is 51.4 Å². The lowest BCUT2D eigenvalue weighted by Crippen LogP contribution is -2.52. The minimum Gasteiger partial charge on any atom is -0.497 e. The summed E-state index contributed by atoms with van der Waals surface area (Å²) < 4.78 is 15.8. The first-order valence-electron chi connectivity index (χ1n) is 10.6. The van der Waals surface area contributed by atoms with Crippen molar-refractivity contribution in [3.63, 3.8) is 0 Å². The number of piperazine rings is 1. The van der Waals surface area contributed by atoms with Gasteiger partial charge in [-0.05, 0) is 31.5 Å². The lowest BCUT2D eigenvalue weighted by Gasteiger charge is -2.36. The third kappa shape index (κ3) is 7.24. The van der Waals surface area contributed by atoms with Crippen LogP contribution in [0.15, 0.2) is 33.8 Å². The van der Waals surface area contributed by atoms with Gasteiger partial charge in [-0.3, -0.25) is 9.89 Å². The minimum absolute atomic E-state index is 0. The minimum atomic E-state index is -0.755. The van der Waals surface area contributed by atoms with Crippen LogP contribution in [-0.2, 0) is 6.54 Å². The highest BCUT2D eigenvalue weighted by molar-refractivity contribution is 14.0. The molecule has 1 aliphatic heterocycles. The van der Waals surface area contributed by atoms with Crippen LogP contribution in [0.2, 0.25) is 0 Å². The van der Waals surface area contributed by atoms with Gasteiger partial charge in [0.1, 0.15) is 17.3 Å². The maximum absolute atomic E-state index is 10.7. The van der Waals surface area contributed by atoms with Crippen molar-refractivity contribution < 1.29 is 19.1 Å². The first-order chi connectivity index (χ1) is 15.0. The van der Waals surface area contributed by atoms with Crippen molar-refractivity contribution in [3.8, 4) is 11.5 Å².